The first kappa shape index (κ1) is 16.0. The van der Waals surface area contributed by atoms with Crippen LogP contribution in [0.3, 0.4) is 0 Å². The molecule has 1 unspecified atom stereocenters. The number of carboxylic acids is 1. The van der Waals surface area contributed by atoms with Crippen LogP contribution < -0.4 is 10.1 Å². The molecule has 0 aliphatic carbocycles. The van der Waals surface area contributed by atoms with Gasteiger partial charge in [-0.25, -0.2) is 0 Å². The van der Waals surface area contributed by atoms with Crippen LogP contribution in [-0.4, -0.2) is 30.3 Å². The van der Waals surface area contributed by atoms with Crippen LogP contribution in [0.2, 0.25) is 5.02 Å². The first-order chi connectivity index (χ1) is 7.58. The summed E-state index contributed by atoms with van der Waals surface area (Å²) in [5.41, 5.74) is 0. The first-order valence-electron chi connectivity index (χ1n) is 4.92. The zero-order valence-corrected chi connectivity index (χ0v) is 10.9. The van der Waals surface area contributed by atoms with Crippen LogP contribution in [0, 0.1) is 0 Å². The van der Waals surface area contributed by atoms with Gasteiger partial charge in [0.05, 0.1) is 6.54 Å². The van der Waals surface area contributed by atoms with Crippen molar-refractivity contribution < 1.29 is 14.6 Å². The zero-order valence-electron chi connectivity index (χ0n) is 9.35. The van der Waals surface area contributed by atoms with Gasteiger partial charge in [-0.2, -0.15) is 0 Å². The Labute approximate surface area is 111 Å². The molecule has 0 amide bonds. The summed E-state index contributed by atoms with van der Waals surface area (Å²) in [6.07, 6.45) is -0.0967. The maximum atomic E-state index is 10.3. The van der Waals surface area contributed by atoms with Crippen molar-refractivity contribution in [1.82, 2.24) is 5.32 Å². The van der Waals surface area contributed by atoms with Gasteiger partial charge in [0.15, 0.2) is 0 Å². The fourth-order valence-electron chi connectivity index (χ4n) is 1.17. The standard InChI is InChI=1S/C11H14ClNO3.ClH/c1-8(6-13-7-11(14)15)16-10-4-2-9(12)3-5-10;/h2-5,8,13H,6-7H2,1H3,(H,14,15);1H. The van der Waals surface area contributed by atoms with Crippen LogP contribution in [0.1, 0.15) is 6.92 Å². The fourth-order valence-corrected chi connectivity index (χ4v) is 1.30. The predicted molar refractivity (Wildman–Crippen MR) is 69.3 cm³/mol. The van der Waals surface area contributed by atoms with Gasteiger partial charge in [0.2, 0.25) is 0 Å². The van der Waals surface area contributed by atoms with E-state index in [1.165, 1.54) is 0 Å². The molecule has 0 saturated carbocycles. The van der Waals surface area contributed by atoms with E-state index in [1.807, 2.05) is 6.92 Å². The van der Waals surface area contributed by atoms with Gasteiger partial charge in [0.25, 0.3) is 0 Å². The minimum Gasteiger partial charge on any atom is -0.489 e. The number of halogens is 2. The van der Waals surface area contributed by atoms with Crippen molar-refractivity contribution in [2.45, 2.75) is 13.0 Å². The van der Waals surface area contributed by atoms with E-state index in [0.717, 1.165) is 0 Å². The summed E-state index contributed by atoms with van der Waals surface area (Å²) in [7, 11) is 0. The fraction of sp³-hybridized carbons (Fsp3) is 0.364. The second-order valence-electron chi connectivity index (χ2n) is 3.41. The third-order valence-electron chi connectivity index (χ3n) is 1.86. The SMILES string of the molecule is CC(CNCC(=O)O)Oc1ccc(Cl)cc1.Cl. The smallest absolute Gasteiger partial charge is 0.317 e. The maximum absolute atomic E-state index is 10.3. The number of carboxylic acid groups (broad SMARTS) is 1. The minimum absolute atomic E-state index is 0. The van der Waals surface area contributed by atoms with Gasteiger partial charge in [-0.15, -0.1) is 12.4 Å². The number of carbonyl (C=O) groups is 1. The Kier molecular flexibility index (Phi) is 7.70. The second kappa shape index (κ2) is 8.17. The topological polar surface area (TPSA) is 58.6 Å². The zero-order chi connectivity index (χ0) is 12.0. The lowest BCUT2D eigenvalue weighted by Gasteiger charge is -2.14. The molecule has 1 aromatic rings. The molecule has 1 rings (SSSR count). The van der Waals surface area contributed by atoms with Crippen LogP contribution in [0.5, 0.6) is 5.75 Å². The molecule has 1 aromatic carbocycles. The highest BCUT2D eigenvalue weighted by Gasteiger charge is 2.04. The Morgan fingerprint density at radius 2 is 2.06 bits per heavy atom. The second-order valence-corrected chi connectivity index (χ2v) is 3.84. The molecular formula is C11H15Cl2NO3. The summed E-state index contributed by atoms with van der Waals surface area (Å²) in [5, 5.41) is 11.9. The Bertz CT molecular complexity index is 343. The van der Waals surface area contributed by atoms with Crippen LogP contribution in [0.4, 0.5) is 0 Å². The monoisotopic (exact) mass is 279 g/mol. The number of hydrogen-bond acceptors (Lipinski definition) is 3. The number of ether oxygens (including phenoxy) is 1. The average Bonchev–Trinajstić information content (AvgIpc) is 2.21. The molecule has 96 valence electrons. The lowest BCUT2D eigenvalue weighted by Crippen LogP contribution is -2.32. The molecule has 0 heterocycles. The number of benzene rings is 1. The Hall–Kier alpha value is -0.970. The van der Waals surface area contributed by atoms with E-state index >= 15 is 0 Å². The van der Waals surface area contributed by atoms with E-state index in [-0.39, 0.29) is 25.1 Å². The highest BCUT2D eigenvalue weighted by Crippen LogP contribution is 2.16. The lowest BCUT2D eigenvalue weighted by molar-refractivity contribution is -0.136. The predicted octanol–water partition coefficient (Wildman–Crippen LogP) is 2.20. The Morgan fingerprint density at radius 3 is 2.59 bits per heavy atom. The molecule has 0 radical (unpaired) electrons. The summed E-state index contributed by atoms with van der Waals surface area (Å²) in [6.45, 7) is 2.28. The summed E-state index contributed by atoms with van der Waals surface area (Å²) >= 11 is 5.73. The molecular weight excluding hydrogens is 265 g/mol. The van der Waals surface area contributed by atoms with Crippen LogP contribution in [0.15, 0.2) is 24.3 Å². The van der Waals surface area contributed by atoms with Crippen molar-refractivity contribution in [2.75, 3.05) is 13.1 Å². The molecule has 17 heavy (non-hydrogen) atoms. The third kappa shape index (κ3) is 7.05. The van der Waals surface area contributed by atoms with E-state index < -0.39 is 5.97 Å². The molecule has 0 bridgehead atoms. The lowest BCUT2D eigenvalue weighted by atomic mass is 10.3. The van der Waals surface area contributed by atoms with Crippen molar-refractivity contribution in [3.05, 3.63) is 29.3 Å². The van der Waals surface area contributed by atoms with Gasteiger partial charge in [-0.05, 0) is 31.2 Å². The molecule has 0 aliphatic heterocycles. The maximum Gasteiger partial charge on any atom is 0.317 e. The first-order valence-corrected chi connectivity index (χ1v) is 5.30. The molecule has 0 saturated heterocycles. The summed E-state index contributed by atoms with van der Waals surface area (Å²) in [5.74, 6) is -0.160. The number of hydrogen-bond donors (Lipinski definition) is 2. The van der Waals surface area contributed by atoms with Crippen molar-refractivity contribution in [3.63, 3.8) is 0 Å². The highest BCUT2D eigenvalue weighted by molar-refractivity contribution is 6.30. The third-order valence-corrected chi connectivity index (χ3v) is 2.11. The van der Waals surface area contributed by atoms with Crippen molar-refractivity contribution >= 4 is 30.0 Å². The van der Waals surface area contributed by atoms with Gasteiger partial charge in [-0.1, -0.05) is 11.6 Å². The van der Waals surface area contributed by atoms with Gasteiger partial charge in [0.1, 0.15) is 11.9 Å². The van der Waals surface area contributed by atoms with Crippen molar-refractivity contribution in [3.8, 4) is 5.75 Å². The van der Waals surface area contributed by atoms with Crippen LogP contribution >= 0.6 is 24.0 Å². The molecule has 0 spiro atoms. The molecule has 0 fully saturated rings. The number of rotatable bonds is 6. The summed E-state index contributed by atoms with van der Waals surface area (Å²) in [4.78, 5) is 10.3. The minimum atomic E-state index is -0.876. The number of aliphatic carboxylic acids is 1. The molecule has 6 heteroatoms. The van der Waals surface area contributed by atoms with E-state index in [2.05, 4.69) is 5.32 Å². The van der Waals surface area contributed by atoms with Crippen LogP contribution in [-0.2, 0) is 4.79 Å². The Morgan fingerprint density at radius 1 is 1.47 bits per heavy atom. The van der Waals surface area contributed by atoms with Gasteiger partial charge < -0.3 is 15.2 Å². The van der Waals surface area contributed by atoms with Gasteiger partial charge >= 0.3 is 5.97 Å². The van der Waals surface area contributed by atoms with E-state index in [0.29, 0.717) is 17.3 Å². The van der Waals surface area contributed by atoms with Gasteiger partial charge in [0, 0.05) is 11.6 Å². The van der Waals surface area contributed by atoms with Crippen molar-refractivity contribution in [1.29, 1.82) is 0 Å². The quantitative estimate of drug-likeness (QED) is 0.838. The normalized spacial score (nSPS) is 11.4. The van der Waals surface area contributed by atoms with E-state index in [4.69, 9.17) is 21.4 Å². The van der Waals surface area contributed by atoms with E-state index in [1.54, 1.807) is 24.3 Å². The van der Waals surface area contributed by atoms with Gasteiger partial charge in [-0.3, -0.25) is 4.79 Å². The Balaban J connectivity index is 0.00000256. The molecule has 0 aliphatic rings. The van der Waals surface area contributed by atoms with E-state index in [9.17, 15) is 4.79 Å². The molecule has 1 atom stereocenters. The average molecular weight is 280 g/mol. The highest BCUT2D eigenvalue weighted by atomic mass is 35.5. The largest absolute Gasteiger partial charge is 0.489 e. The van der Waals surface area contributed by atoms with Crippen molar-refractivity contribution in [2.24, 2.45) is 0 Å². The molecule has 0 aromatic heterocycles. The number of nitrogens with one attached hydrogen (secondary N) is 1. The summed E-state index contributed by atoms with van der Waals surface area (Å²) in [6, 6.07) is 7.04. The molecule has 2 N–H and O–H groups in total. The van der Waals surface area contributed by atoms with Crippen LogP contribution in [0.25, 0.3) is 0 Å². The molecule has 4 nitrogen and oxygen atoms in total. The summed E-state index contributed by atoms with van der Waals surface area (Å²) < 4.78 is 5.54.